The minimum absolute atomic E-state index is 0.185. The van der Waals surface area contributed by atoms with Crippen molar-refractivity contribution in [1.82, 2.24) is 10.1 Å². The molecule has 8 nitrogen and oxygen atoms in total. The molecule has 0 spiro atoms. The monoisotopic (exact) mass is 235 g/mol. The molecule has 17 heavy (non-hydrogen) atoms. The molecule has 1 N–H and O–H groups in total. The number of hydrogen-bond acceptors (Lipinski definition) is 6. The molecule has 86 valence electrons. The van der Waals surface area contributed by atoms with Gasteiger partial charge in [-0.2, -0.15) is 0 Å². The van der Waals surface area contributed by atoms with Crippen molar-refractivity contribution in [1.29, 1.82) is 0 Å². The summed E-state index contributed by atoms with van der Waals surface area (Å²) in [6, 6.07) is 3.81. The lowest BCUT2D eigenvalue weighted by Gasteiger charge is -1.92. The normalized spacial score (nSPS) is 10.1. The second kappa shape index (κ2) is 4.00. The van der Waals surface area contributed by atoms with Crippen LogP contribution in [0, 0.1) is 10.1 Å². The number of aromatic nitrogens is 2. The van der Waals surface area contributed by atoms with Crippen LogP contribution in [0.2, 0.25) is 0 Å². The first kappa shape index (κ1) is 10.7. The number of nitro groups is 1. The molecule has 8 heteroatoms. The van der Waals surface area contributed by atoms with Crippen molar-refractivity contribution < 1.29 is 19.3 Å². The van der Waals surface area contributed by atoms with Crippen LogP contribution < -0.4 is 0 Å². The van der Waals surface area contributed by atoms with E-state index < -0.39 is 10.9 Å². The fraction of sp³-hybridized carbons (Fsp3) is 0. The highest BCUT2D eigenvalue weighted by molar-refractivity contribution is 5.86. The molecule has 2 aromatic rings. The van der Waals surface area contributed by atoms with Gasteiger partial charge in [0.05, 0.1) is 5.56 Å². The number of carboxylic acid groups (broad SMARTS) is 1. The number of carbonyl (C=O) groups is 1. The molecule has 0 saturated heterocycles. The first-order valence-corrected chi connectivity index (χ1v) is 4.39. The Balaban J connectivity index is 2.33. The van der Waals surface area contributed by atoms with E-state index in [1.165, 1.54) is 24.4 Å². The van der Waals surface area contributed by atoms with E-state index in [4.69, 9.17) is 9.63 Å². The molecule has 0 bridgehead atoms. The SMILES string of the molecule is O=C(O)c1cc(-c2ccc([N+](=O)[O-])nc2)on1. The average molecular weight is 235 g/mol. The molecule has 0 fully saturated rings. The largest absolute Gasteiger partial charge is 0.476 e. The number of aromatic carboxylic acids is 1. The fourth-order valence-electron chi connectivity index (χ4n) is 1.15. The van der Waals surface area contributed by atoms with Crippen LogP contribution in [0.25, 0.3) is 11.3 Å². The van der Waals surface area contributed by atoms with Crippen LogP contribution in [0.3, 0.4) is 0 Å². The Labute approximate surface area is 93.6 Å². The number of hydrogen-bond donors (Lipinski definition) is 1. The van der Waals surface area contributed by atoms with E-state index in [0.717, 1.165) is 0 Å². The minimum Gasteiger partial charge on any atom is -0.476 e. The lowest BCUT2D eigenvalue weighted by molar-refractivity contribution is -0.389. The Bertz CT molecular complexity index is 575. The van der Waals surface area contributed by atoms with Crippen LogP contribution in [-0.2, 0) is 0 Å². The number of pyridine rings is 1. The highest BCUT2D eigenvalue weighted by atomic mass is 16.6. The van der Waals surface area contributed by atoms with Crippen molar-refractivity contribution in [2.45, 2.75) is 0 Å². The zero-order valence-electron chi connectivity index (χ0n) is 8.23. The van der Waals surface area contributed by atoms with E-state index in [1.54, 1.807) is 0 Å². The van der Waals surface area contributed by atoms with E-state index in [1.807, 2.05) is 0 Å². The summed E-state index contributed by atoms with van der Waals surface area (Å²) in [7, 11) is 0. The summed E-state index contributed by atoms with van der Waals surface area (Å²) in [5.74, 6) is -1.33. The summed E-state index contributed by atoms with van der Waals surface area (Å²) in [6.45, 7) is 0. The second-order valence-corrected chi connectivity index (χ2v) is 3.04. The van der Waals surface area contributed by atoms with Gasteiger partial charge in [0.1, 0.15) is 0 Å². The van der Waals surface area contributed by atoms with Gasteiger partial charge in [-0.25, -0.2) is 4.79 Å². The van der Waals surface area contributed by atoms with Gasteiger partial charge in [-0.05, 0) is 16.0 Å². The van der Waals surface area contributed by atoms with Gasteiger partial charge in [0.15, 0.2) is 17.7 Å². The summed E-state index contributed by atoms with van der Waals surface area (Å²) in [5, 5.41) is 22.3. The van der Waals surface area contributed by atoms with E-state index in [2.05, 4.69) is 10.1 Å². The van der Waals surface area contributed by atoms with E-state index in [9.17, 15) is 14.9 Å². The maximum atomic E-state index is 10.6. The molecular weight excluding hydrogens is 230 g/mol. The quantitative estimate of drug-likeness (QED) is 0.629. The fourth-order valence-corrected chi connectivity index (χ4v) is 1.15. The maximum Gasteiger partial charge on any atom is 0.363 e. The van der Waals surface area contributed by atoms with Gasteiger partial charge in [-0.1, -0.05) is 5.16 Å². The van der Waals surface area contributed by atoms with Crippen molar-refractivity contribution in [3.05, 3.63) is 40.2 Å². The number of carboxylic acids is 1. The van der Waals surface area contributed by atoms with Crippen LogP contribution in [-0.4, -0.2) is 26.1 Å². The van der Waals surface area contributed by atoms with E-state index in [-0.39, 0.29) is 17.3 Å². The van der Waals surface area contributed by atoms with Crippen molar-refractivity contribution in [3.8, 4) is 11.3 Å². The third-order valence-electron chi connectivity index (χ3n) is 1.95. The molecule has 0 aliphatic carbocycles. The van der Waals surface area contributed by atoms with Gasteiger partial charge >= 0.3 is 11.8 Å². The summed E-state index contributed by atoms with van der Waals surface area (Å²) in [4.78, 5) is 23.9. The Hall–Kier alpha value is -2.77. The third-order valence-corrected chi connectivity index (χ3v) is 1.95. The molecule has 0 radical (unpaired) electrons. The first-order valence-electron chi connectivity index (χ1n) is 4.39. The van der Waals surface area contributed by atoms with Crippen LogP contribution in [0.1, 0.15) is 10.5 Å². The topological polar surface area (TPSA) is 119 Å². The second-order valence-electron chi connectivity index (χ2n) is 3.04. The van der Waals surface area contributed by atoms with E-state index in [0.29, 0.717) is 5.56 Å². The molecule has 0 aliphatic rings. The van der Waals surface area contributed by atoms with Crippen molar-refractivity contribution in [2.24, 2.45) is 0 Å². The lowest BCUT2D eigenvalue weighted by Crippen LogP contribution is -1.94. The van der Waals surface area contributed by atoms with E-state index >= 15 is 0 Å². The molecule has 0 atom stereocenters. The molecule has 0 aliphatic heterocycles. The van der Waals surface area contributed by atoms with Crippen LogP contribution in [0.4, 0.5) is 5.82 Å². The van der Waals surface area contributed by atoms with Crippen LogP contribution in [0.15, 0.2) is 28.9 Å². The first-order chi connectivity index (χ1) is 8.08. The van der Waals surface area contributed by atoms with Crippen LogP contribution >= 0.6 is 0 Å². The average Bonchev–Trinajstić information content (AvgIpc) is 2.78. The summed E-state index contributed by atoms with van der Waals surface area (Å²) >= 11 is 0. The predicted octanol–water partition coefficient (Wildman–Crippen LogP) is 1.34. The molecule has 0 amide bonds. The Kier molecular flexibility index (Phi) is 2.53. The Morgan fingerprint density at radius 3 is 2.71 bits per heavy atom. The molecule has 0 aromatic carbocycles. The molecule has 0 unspecified atom stereocenters. The predicted molar refractivity (Wildman–Crippen MR) is 53.3 cm³/mol. The lowest BCUT2D eigenvalue weighted by atomic mass is 10.2. The highest BCUT2D eigenvalue weighted by Crippen LogP contribution is 2.21. The summed E-state index contributed by atoms with van der Waals surface area (Å²) in [5.41, 5.74) is 0.175. The van der Waals surface area contributed by atoms with Crippen molar-refractivity contribution in [3.63, 3.8) is 0 Å². The maximum absolute atomic E-state index is 10.6. The van der Waals surface area contributed by atoms with Gasteiger partial charge in [0, 0.05) is 12.1 Å². The minimum atomic E-state index is -1.21. The number of rotatable bonds is 3. The van der Waals surface area contributed by atoms with Gasteiger partial charge in [-0.15, -0.1) is 0 Å². The smallest absolute Gasteiger partial charge is 0.363 e. The van der Waals surface area contributed by atoms with Gasteiger partial charge in [0.2, 0.25) is 0 Å². The standard InChI is InChI=1S/C9H5N3O5/c13-9(14)6-3-7(17-11-6)5-1-2-8(10-4-5)12(15)16/h1-4H,(H,13,14). The third kappa shape index (κ3) is 2.09. The van der Waals surface area contributed by atoms with Crippen molar-refractivity contribution >= 4 is 11.8 Å². The zero-order valence-corrected chi connectivity index (χ0v) is 8.23. The molecule has 2 rings (SSSR count). The van der Waals surface area contributed by atoms with Crippen LogP contribution in [0.5, 0.6) is 0 Å². The highest BCUT2D eigenvalue weighted by Gasteiger charge is 2.14. The molecule has 2 aromatic heterocycles. The van der Waals surface area contributed by atoms with Gasteiger partial charge in [-0.3, -0.25) is 0 Å². The van der Waals surface area contributed by atoms with Gasteiger partial charge < -0.3 is 19.7 Å². The number of nitrogens with zero attached hydrogens (tertiary/aromatic N) is 3. The Morgan fingerprint density at radius 1 is 1.47 bits per heavy atom. The molecule has 0 saturated carbocycles. The van der Waals surface area contributed by atoms with Crippen molar-refractivity contribution in [2.75, 3.05) is 0 Å². The summed E-state index contributed by atoms with van der Waals surface area (Å²) in [6.07, 6.45) is 1.21. The zero-order chi connectivity index (χ0) is 12.4. The molecule has 2 heterocycles. The summed E-state index contributed by atoms with van der Waals surface area (Å²) < 4.78 is 4.77. The molecular formula is C9H5N3O5. The van der Waals surface area contributed by atoms with Gasteiger partial charge in [0.25, 0.3) is 0 Å². The Morgan fingerprint density at radius 2 is 2.24 bits per heavy atom.